The van der Waals surface area contributed by atoms with Crippen molar-refractivity contribution >= 4 is 44.1 Å². The van der Waals surface area contributed by atoms with Crippen LogP contribution in [0.3, 0.4) is 0 Å². The first kappa shape index (κ1) is 31.4. The average Bonchev–Trinajstić information content (AvgIpc) is 3.79. The molecule has 9 aromatic carbocycles. The van der Waals surface area contributed by atoms with Crippen LogP contribution >= 0.6 is 0 Å². The van der Waals surface area contributed by atoms with E-state index in [2.05, 4.69) is 212 Å². The molecule has 2 nitrogen and oxygen atoms in total. The van der Waals surface area contributed by atoms with Crippen LogP contribution < -0.4 is 5.32 Å². The molecule has 1 aromatic heterocycles. The second kappa shape index (κ2) is 12.5. The van der Waals surface area contributed by atoms with Crippen molar-refractivity contribution in [2.24, 2.45) is 0 Å². The Labute approximate surface area is 320 Å². The molecule has 55 heavy (non-hydrogen) atoms. The monoisotopic (exact) mass is 701 g/mol. The van der Waals surface area contributed by atoms with Crippen LogP contribution in [0.5, 0.6) is 0 Å². The molecule has 11 rings (SSSR count). The summed E-state index contributed by atoms with van der Waals surface area (Å²) in [5.41, 5.74) is 15.8. The SMILES string of the molecule is c1ccc(C2(c3ccccc3)c3ccccc3-c3ccc(-c4cccc(Nc5ccc(-c6cccc7c6oc6c8ccccc8ccc76)cc5)c4)cc32)cc1. The molecule has 1 heterocycles. The standard InChI is InChI=1S/C53H35NO/c1-3-15-39(16-4-1)53(40-17-5-2-6-18-40)49-24-10-9-21-45(49)46-31-28-38(34-50(46)53)37-14-11-19-42(33-37)54-41-29-25-36(26-30-41)44-22-12-23-47-48-32-27-35-13-7-8-20-43(35)52(48)55-51(44)47/h1-34,54H. The summed E-state index contributed by atoms with van der Waals surface area (Å²) in [5, 5.41) is 8.29. The number of fused-ring (bicyclic) bond motifs is 8. The molecule has 2 heteroatoms. The van der Waals surface area contributed by atoms with Crippen molar-refractivity contribution in [2.75, 3.05) is 5.32 Å². The second-order valence-corrected chi connectivity index (χ2v) is 14.5. The van der Waals surface area contributed by atoms with Gasteiger partial charge in [-0.05, 0) is 91.9 Å². The van der Waals surface area contributed by atoms with Crippen LogP contribution in [0, 0.1) is 0 Å². The van der Waals surface area contributed by atoms with Crippen molar-refractivity contribution in [3.63, 3.8) is 0 Å². The molecule has 0 bridgehead atoms. The van der Waals surface area contributed by atoms with Gasteiger partial charge in [0.1, 0.15) is 11.2 Å². The summed E-state index contributed by atoms with van der Waals surface area (Å²) < 4.78 is 6.63. The third-order valence-electron chi connectivity index (χ3n) is 11.5. The smallest absolute Gasteiger partial charge is 0.143 e. The number of para-hydroxylation sites is 1. The maximum atomic E-state index is 6.63. The van der Waals surface area contributed by atoms with Crippen molar-refractivity contribution in [3.8, 4) is 33.4 Å². The molecule has 1 aliphatic rings. The number of anilines is 2. The summed E-state index contributed by atoms with van der Waals surface area (Å²) in [6.45, 7) is 0. The van der Waals surface area contributed by atoms with Crippen LogP contribution in [0.2, 0.25) is 0 Å². The van der Waals surface area contributed by atoms with Gasteiger partial charge in [0.2, 0.25) is 0 Å². The van der Waals surface area contributed by atoms with Crippen LogP contribution in [-0.2, 0) is 5.41 Å². The molecule has 0 saturated heterocycles. The zero-order valence-corrected chi connectivity index (χ0v) is 30.0. The van der Waals surface area contributed by atoms with Gasteiger partial charge >= 0.3 is 0 Å². The van der Waals surface area contributed by atoms with E-state index in [0.717, 1.165) is 49.8 Å². The van der Waals surface area contributed by atoms with E-state index in [4.69, 9.17) is 4.42 Å². The van der Waals surface area contributed by atoms with Crippen molar-refractivity contribution in [2.45, 2.75) is 5.41 Å². The molecule has 0 amide bonds. The molecule has 1 N–H and O–H groups in total. The lowest BCUT2D eigenvalue weighted by Crippen LogP contribution is -2.28. The third kappa shape index (κ3) is 4.89. The number of hydrogen-bond donors (Lipinski definition) is 1. The highest BCUT2D eigenvalue weighted by Gasteiger charge is 2.46. The third-order valence-corrected chi connectivity index (χ3v) is 11.5. The average molecular weight is 702 g/mol. The largest absolute Gasteiger partial charge is 0.455 e. The molecule has 0 fully saturated rings. The summed E-state index contributed by atoms with van der Waals surface area (Å²) in [4.78, 5) is 0. The van der Waals surface area contributed by atoms with Gasteiger partial charge in [-0.3, -0.25) is 0 Å². The van der Waals surface area contributed by atoms with Crippen molar-refractivity contribution < 1.29 is 4.42 Å². The Morgan fingerprint density at radius 1 is 0.345 bits per heavy atom. The fourth-order valence-electron chi connectivity index (χ4n) is 9.05. The zero-order chi connectivity index (χ0) is 36.3. The first-order chi connectivity index (χ1) is 27.3. The molecule has 0 aliphatic heterocycles. The van der Waals surface area contributed by atoms with E-state index in [1.54, 1.807) is 0 Å². The van der Waals surface area contributed by atoms with Gasteiger partial charge in [0.25, 0.3) is 0 Å². The lowest BCUT2D eigenvalue weighted by atomic mass is 9.67. The Kier molecular flexibility index (Phi) is 7.11. The fraction of sp³-hybridized carbons (Fsp3) is 0.0189. The summed E-state index contributed by atoms with van der Waals surface area (Å²) in [5.74, 6) is 0. The fourth-order valence-corrected chi connectivity index (χ4v) is 9.05. The molecule has 10 aromatic rings. The minimum absolute atomic E-state index is 0.428. The highest BCUT2D eigenvalue weighted by molar-refractivity contribution is 6.17. The molecule has 0 radical (unpaired) electrons. The van der Waals surface area contributed by atoms with Gasteiger partial charge in [0, 0.05) is 33.1 Å². The number of rotatable bonds is 6. The number of benzene rings is 9. The Hall–Kier alpha value is -7.16. The summed E-state index contributed by atoms with van der Waals surface area (Å²) in [6, 6.07) is 74.5. The summed E-state index contributed by atoms with van der Waals surface area (Å²) >= 11 is 0. The molecule has 0 spiro atoms. The quantitative estimate of drug-likeness (QED) is 0.187. The first-order valence-electron chi connectivity index (χ1n) is 18.9. The van der Waals surface area contributed by atoms with E-state index in [0.29, 0.717) is 0 Å². The van der Waals surface area contributed by atoms with E-state index < -0.39 is 5.41 Å². The van der Waals surface area contributed by atoms with E-state index >= 15 is 0 Å². The van der Waals surface area contributed by atoms with E-state index in [1.807, 2.05) is 0 Å². The molecule has 0 unspecified atom stereocenters. The van der Waals surface area contributed by atoms with Crippen molar-refractivity contribution in [1.82, 2.24) is 0 Å². The van der Waals surface area contributed by atoms with Crippen LogP contribution in [0.4, 0.5) is 11.4 Å². The topological polar surface area (TPSA) is 25.2 Å². The van der Waals surface area contributed by atoms with Gasteiger partial charge in [0.05, 0.1) is 5.41 Å². The molecule has 0 saturated carbocycles. The van der Waals surface area contributed by atoms with Crippen molar-refractivity contribution in [1.29, 1.82) is 0 Å². The molecule has 1 aliphatic carbocycles. The van der Waals surface area contributed by atoms with Gasteiger partial charge in [-0.15, -0.1) is 0 Å². The Balaban J connectivity index is 0.946. The van der Waals surface area contributed by atoms with Gasteiger partial charge in [-0.1, -0.05) is 170 Å². The van der Waals surface area contributed by atoms with Crippen molar-refractivity contribution in [3.05, 3.63) is 229 Å². The predicted molar refractivity (Wildman–Crippen MR) is 229 cm³/mol. The minimum atomic E-state index is -0.428. The number of furan rings is 1. The van der Waals surface area contributed by atoms with E-state index in [-0.39, 0.29) is 0 Å². The van der Waals surface area contributed by atoms with Gasteiger partial charge in [-0.2, -0.15) is 0 Å². The predicted octanol–water partition coefficient (Wildman–Crippen LogP) is 14.2. The first-order valence-corrected chi connectivity index (χ1v) is 18.9. The second-order valence-electron chi connectivity index (χ2n) is 14.5. The highest BCUT2D eigenvalue weighted by Crippen LogP contribution is 2.56. The normalized spacial score (nSPS) is 12.9. The minimum Gasteiger partial charge on any atom is -0.455 e. The van der Waals surface area contributed by atoms with Crippen LogP contribution in [-0.4, -0.2) is 0 Å². The van der Waals surface area contributed by atoms with Gasteiger partial charge in [0.15, 0.2) is 0 Å². The summed E-state index contributed by atoms with van der Waals surface area (Å²) in [6.07, 6.45) is 0. The van der Waals surface area contributed by atoms with E-state index in [9.17, 15) is 0 Å². The number of hydrogen-bond acceptors (Lipinski definition) is 2. The molecule has 0 atom stereocenters. The van der Waals surface area contributed by atoms with Gasteiger partial charge in [-0.25, -0.2) is 0 Å². The van der Waals surface area contributed by atoms with Crippen LogP contribution in [0.25, 0.3) is 66.1 Å². The number of nitrogens with one attached hydrogen (secondary N) is 1. The maximum Gasteiger partial charge on any atom is 0.143 e. The lowest BCUT2D eigenvalue weighted by Gasteiger charge is -2.34. The maximum absolute atomic E-state index is 6.63. The molecular formula is C53H35NO. The highest BCUT2D eigenvalue weighted by atomic mass is 16.3. The van der Waals surface area contributed by atoms with E-state index in [1.165, 1.54) is 49.9 Å². The Morgan fingerprint density at radius 2 is 0.964 bits per heavy atom. The van der Waals surface area contributed by atoms with Crippen LogP contribution in [0.1, 0.15) is 22.3 Å². The Bertz CT molecular complexity index is 3010. The summed E-state index contributed by atoms with van der Waals surface area (Å²) in [7, 11) is 0. The lowest BCUT2D eigenvalue weighted by molar-refractivity contribution is 0.674. The zero-order valence-electron chi connectivity index (χ0n) is 30.0. The molecule has 258 valence electrons. The van der Waals surface area contributed by atoms with Crippen LogP contribution in [0.15, 0.2) is 211 Å². The molecular weight excluding hydrogens is 667 g/mol. The van der Waals surface area contributed by atoms with Gasteiger partial charge < -0.3 is 9.73 Å². The Morgan fingerprint density at radius 3 is 1.78 bits per heavy atom.